The van der Waals surface area contributed by atoms with Gasteiger partial charge in [0.25, 0.3) is 0 Å². The van der Waals surface area contributed by atoms with E-state index in [-0.39, 0.29) is 17.4 Å². The number of hydrogen-bond acceptors (Lipinski definition) is 6. The Labute approximate surface area is 146 Å². The second-order valence-electron chi connectivity index (χ2n) is 5.39. The largest absolute Gasteiger partial charge is 0.465 e. The summed E-state index contributed by atoms with van der Waals surface area (Å²) in [6, 6.07) is 7.24. The van der Waals surface area contributed by atoms with Crippen LogP contribution >= 0.6 is 11.3 Å². The first kappa shape index (κ1) is 16.9. The van der Waals surface area contributed by atoms with Crippen molar-refractivity contribution >= 4 is 39.4 Å². The van der Waals surface area contributed by atoms with E-state index in [9.17, 15) is 14.4 Å². The standard InChI is InChI=1S/C16H16N4O4S/c1-9-13(14(22)24-3)25-15(17-9)18-12(21)8-20-11-7-5-4-6-10(11)19(2)16(20)23/h4-7H,8H2,1-3H3,(H,17,18,21). The number of ether oxygens (including phenoxy) is 1. The smallest absolute Gasteiger partial charge is 0.350 e. The van der Waals surface area contributed by atoms with Gasteiger partial charge in [-0.15, -0.1) is 0 Å². The van der Waals surface area contributed by atoms with E-state index in [1.165, 1.54) is 16.2 Å². The van der Waals surface area contributed by atoms with E-state index in [0.717, 1.165) is 16.9 Å². The van der Waals surface area contributed by atoms with Crippen molar-refractivity contribution in [3.63, 3.8) is 0 Å². The van der Waals surface area contributed by atoms with Crippen LogP contribution in [0.5, 0.6) is 0 Å². The van der Waals surface area contributed by atoms with Crippen LogP contribution in [0.2, 0.25) is 0 Å². The molecule has 130 valence electrons. The van der Waals surface area contributed by atoms with Crippen LogP contribution in [-0.4, -0.2) is 33.1 Å². The molecule has 0 aliphatic carbocycles. The molecule has 25 heavy (non-hydrogen) atoms. The fourth-order valence-electron chi connectivity index (χ4n) is 2.55. The van der Waals surface area contributed by atoms with E-state index >= 15 is 0 Å². The number of methoxy groups -OCH3 is 1. The van der Waals surface area contributed by atoms with E-state index in [4.69, 9.17) is 0 Å². The zero-order chi connectivity index (χ0) is 18.1. The number of hydrogen-bond donors (Lipinski definition) is 1. The molecule has 9 heteroatoms. The van der Waals surface area contributed by atoms with Gasteiger partial charge in [0.2, 0.25) is 5.91 Å². The summed E-state index contributed by atoms with van der Waals surface area (Å²) in [5.41, 5.74) is 1.63. The lowest BCUT2D eigenvalue weighted by Gasteiger charge is -2.03. The molecule has 0 bridgehead atoms. The van der Waals surface area contributed by atoms with E-state index in [1.54, 1.807) is 20.0 Å². The summed E-state index contributed by atoms with van der Waals surface area (Å²) in [6.07, 6.45) is 0. The Bertz CT molecular complexity index is 1030. The van der Waals surface area contributed by atoms with Crippen LogP contribution in [0.25, 0.3) is 11.0 Å². The number of carbonyl (C=O) groups excluding carboxylic acids is 2. The third-order valence-corrected chi connectivity index (χ3v) is 4.82. The van der Waals surface area contributed by atoms with Gasteiger partial charge < -0.3 is 10.1 Å². The Kier molecular flexibility index (Phi) is 4.41. The predicted octanol–water partition coefficient (Wildman–Crippen LogP) is 1.53. The SMILES string of the molecule is COC(=O)c1sc(NC(=O)Cn2c(=O)n(C)c3ccccc32)nc1C. The molecule has 0 radical (unpaired) electrons. The molecule has 1 aromatic carbocycles. The van der Waals surface area contributed by atoms with Gasteiger partial charge in [-0.2, -0.15) is 0 Å². The molecule has 1 amide bonds. The highest BCUT2D eigenvalue weighted by molar-refractivity contribution is 7.17. The normalized spacial score (nSPS) is 10.8. The molecular formula is C16H16N4O4S. The highest BCUT2D eigenvalue weighted by Crippen LogP contribution is 2.23. The molecule has 0 aliphatic heterocycles. The summed E-state index contributed by atoms with van der Waals surface area (Å²) in [6.45, 7) is 1.51. The van der Waals surface area contributed by atoms with Gasteiger partial charge in [0, 0.05) is 7.05 Å². The lowest BCUT2D eigenvalue weighted by molar-refractivity contribution is -0.116. The number of aryl methyl sites for hydroxylation is 2. The number of fused-ring (bicyclic) bond motifs is 1. The summed E-state index contributed by atoms with van der Waals surface area (Å²) < 4.78 is 7.56. The molecule has 2 aromatic heterocycles. The summed E-state index contributed by atoms with van der Waals surface area (Å²) >= 11 is 1.03. The molecule has 0 saturated heterocycles. The number of para-hydroxylation sites is 2. The highest BCUT2D eigenvalue weighted by atomic mass is 32.1. The fourth-order valence-corrected chi connectivity index (χ4v) is 3.45. The van der Waals surface area contributed by atoms with Gasteiger partial charge in [-0.1, -0.05) is 23.5 Å². The van der Waals surface area contributed by atoms with Gasteiger partial charge >= 0.3 is 11.7 Å². The Morgan fingerprint density at radius 1 is 1.28 bits per heavy atom. The van der Waals surface area contributed by atoms with Crippen molar-refractivity contribution in [2.75, 3.05) is 12.4 Å². The first-order chi connectivity index (χ1) is 11.9. The maximum absolute atomic E-state index is 12.3. The van der Waals surface area contributed by atoms with Crippen LogP contribution in [0, 0.1) is 6.92 Å². The lowest BCUT2D eigenvalue weighted by atomic mass is 10.3. The quantitative estimate of drug-likeness (QED) is 0.712. The van der Waals surface area contributed by atoms with Gasteiger partial charge in [0.15, 0.2) is 5.13 Å². The van der Waals surface area contributed by atoms with Crippen LogP contribution in [0.3, 0.4) is 0 Å². The van der Waals surface area contributed by atoms with Crippen molar-refractivity contribution in [2.45, 2.75) is 13.5 Å². The maximum atomic E-state index is 12.3. The van der Waals surface area contributed by atoms with Crippen LogP contribution < -0.4 is 11.0 Å². The van der Waals surface area contributed by atoms with Gasteiger partial charge in [0.1, 0.15) is 11.4 Å². The van der Waals surface area contributed by atoms with Crippen molar-refractivity contribution < 1.29 is 14.3 Å². The zero-order valence-electron chi connectivity index (χ0n) is 13.9. The van der Waals surface area contributed by atoms with Crippen molar-refractivity contribution in [1.82, 2.24) is 14.1 Å². The molecule has 2 heterocycles. The van der Waals surface area contributed by atoms with Crippen LogP contribution in [0.15, 0.2) is 29.1 Å². The molecule has 0 aliphatic rings. The number of aromatic nitrogens is 3. The molecule has 3 rings (SSSR count). The molecule has 3 aromatic rings. The molecule has 0 atom stereocenters. The van der Waals surface area contributed by atoms with Crippen molar-refractivity contribution in [3.8, 4) is 0 Å². The van der Waals surface area contributed by atoms with E-state index in [0.29, 0.717) is 16.1 Å². The van der Waals surface area contributed by atoms with Crippen LogP contribution in [0.4, 0.5) is 5.13 Å². The fraction of sp³-hybridized carbons (Fsp3) is 0.250. The number of imidazole rings is 1. The summed E-state index contributed by atoms with van der Waals surface area (Å²) in [5, 5.41) is 2.91. The summed E-state index contributed by atoms with van der Waals surface area (Å²) in [7, 11) is 2.94. The lowest BCUT2D eigenvalue weighted by Crippen LogP contribution is -2.28. The average molecular weight is 360 g/mol. The summed E-state index contributed by atoms with van der Waals surface area (Å²) in [5.74, 6) is -0.899. The van der Waals surface area contributed by atoms with E-state index in [2.05, 4.69) is 15.0 Å². The molecule has 0 fully saturated rings. The number of esters is 1. The Balaban J connectivity index is 1.84. The van der Waals surface area contributed by atoms with Crippen LogP contribution in [-0.2, 0) is 23.1 Å². The predicted molar refractivity (Wildman–Crippen MR) is 94.0 cm³/mol. The van der Waals surface area contributed by atoms with E-state index in [1.807, 2.05) is 18.2 Å². The maximum Gasteiger partial charge on any atom is 0.350 e. The third kappa shape index (κ3) is 3.05. The highest BCUT2D eigenvalue weighted by Gasteiger charge is 2.18. The van der Waals surface area contributed by atoms with Crippen molar-refractivity contribution in [1.29, 1.82) is 0 Å². The van der Waals surface area contributed by atoms with E-state index < -0.39 is 11.9 Å². The number of amides is 1. The number of carbonyl (C=O) groups is 2. The third-order valence-electron chi connectivity index (χ3n) is 3.77. The van der Waals surface area contributed by atoms with Gasteiger partial charge in [0.05, 0.1) is 23.8 Å². The Hall–Kier alpha value is -2.94. The van der Waals surface area contributed by atoms with Crippen molar-refractivity contribution in [3.05, 3.63) is 45.3 Å². The Morgan fingerprint density at radius 3 is 2.64 bits per heavy atom. The number of rotatable bonds is 4. The number of anilines is 1. The number of thiazole rings is 1. The number of nitrogens with zero attached hydrogens (tertiary/aromatic N) is 3. The zero-order valence-corrected chi connectivity index (χ0v) is 14.7. The second kappa shape index (κ2) is 6.52. The molecule has 8 nitrogen and oxygen atoms in total. The molecule has 0 spiro atoms. The van der Waals surface area contributed by atoms with Gasteiger partial charge in [-0.25, -0.2) is 14.6 Å². The Morgan fingerprint density at radius 2 is 1.96 bits per heavy atom. The molecule has 0 unspecified atom stereocenters. The van der Waals surface area contributed by atoms with Gasteiger partial charge in [-0.3, -0.25) is 13.9 Å². The second-order valence-corrected chi connectivity index (χ2v) is 6.39. The topological polar surface area (TPSA) is 95.2 Å². The number of benzene rings is 1. The minimum atomic E-state index is -0.499. The minimum absolute atomic E-state index is 0.146. The molecule has 0 saturated carbocycles. The minimum Gasteiger partial charge on any atom is -0.465 e. The monoisotopic (exact) mass is 360 g/mol. The van der Waals surface area contributed by atoms with Crippen LogP contribution in [0.1, 0.15) is 15.4 Å². The van der Waals surface area contributed by atoms with Gasteiger partial charge in [-0.05, 0) is 19.1 Å². The first-order valence-corrected chi connectivity index (χ1v) is 8.24. The van der Waals surface area contributed by atoms with Crippen molar-refractivity contribution in [2.24, 2.45) is 7.05 Å². The number of nitrogens with one attached hydrogen (secondary N) is 1. The average Bonchev–Trinajstić information content (AvgIpc) is 3.07. The molecule has 1 N–H and O–H groups in total. The summed E-state index contributed by atoms with van der Waals surface area (Å²) in [4.78, 5) is 40.7. The first-order valence-electron chi connectivity index (χ1n) is 7.42. The molecular weight excluding hydrogens is 344 g/mol.